The van der Waals surface area contributed by atoms with E-state index in [1.54, 1.807) is 0 Å². The predicted octanol–water partition coefficient (Wildman–Crippen LogP) is 16.0. The molecule has 58 heavy (non-hydrogen) atoms. The number of furan rings is 1. The Bertz CT molecular complexity index is 3270. The van der Waals surface area contributed by atoms with Gasteiger partial charge in [-0.2, -0.15) is 0 Å². The minimum absolute atomic E-state index is 0.850. The average molecular weight is 740 g/mol. The Hall–Kier alpha value is -7.68. The Morgan fingerprint density at radius 1 is 0.310 bits per heavy atom. The van der Waals surface area contributed by atoms with Crippen LogP contribution in [-0.2, 0) is 0 Å². The van der Waals surface area contributed by atoms with Crippen LogP contribution in [-0.4, -0.2) is 0 Å². The van der Waals surface area contributed by atoms with Crippen molar-refractivity contribution < 1.29 is 4.42 Å². The summed E-state index contributed by atoms with van der Waals surface area (Å²) in [6.07, 6.45) is 0. The van der Waals surface area contributed by atoms with E-state index in [0.29, 0.717) is 0 Å². The average Bonchev–Trinajstić information content (AvgIpc) is 3.70. The smallest absolute Gasteiger partial charge is 0.143 e. The van der Waals surface area contributed by atoms with Crippen molar-refractivity contribution >= 4 is 60.5 Å². The van der Waals surface area contributed by atoms with Crippen LogP contribution < -0.4 is 4.90 Å². The summed E-state index contributed by atoms with van der Waals surface area (Å²) in [5.41, 5.74) is 14.2. The Morgan fingerprint density at radius 3 is 1.67 bits per heavy atom. The monoisotopic (exact) mass is 739 g/mol. The minimum atomic E-state index is 0.850. The molecule has 0 unspecified atom stereocenters. The number of hydrogen-bond acceptors (Lipinski definition) is 2. The fourth-order valence-electron chi connectivity index (χ4n) is 8.71. The molecular formula is C56H37NO. The van der Waals surface area contributed by atoms with Crippen LogP contribution in [0.1, 0.15) is 0 Å². The number of rotatable bonds is 7. The molecule has 0 aliphatic heterocycles. The summed E-state index contributed by atoms with van der Waals surface area (Å²) in [6, 6.07) is 80.5. The van der Waals surface area contributed by atoms with E-state index in [-0.39, 0.29) is 0 Å². The SMILES string of the molecule is c1ccc(-c2cccc(-c3cccc4c3oc3cccc(N(c5ccc(-c6cc7ccccc7c7ccccc67)cc5)c5cccc(-c6ccccc6)c5)c34)c2)cc1. The Kier molecular flexibility index (Phi) is 8.19. The zero-order valence-electron chi connectivity index (χ0n) is 31.7. The first kappa shape index (κ1) is 33.6. The van der Waals surface area contributed by atoms with Crippen LogP contribution in [0.4, 0.5) is 17.1 Å². The maximum absolute atomic E-state index is 6.87. The van der Waals surface area contributed by atoms with Crippen molar-refractivity contribution in [1.82, 2.24) is 0 Å². The second-order valence-corrected chi connectivity index (χ2v) is 14.9. The van der Waals surface area contributed by atoms with Gasteiger partial charge in [0.15, 0.2) is 0 Å². The van der Waals surface area contributed by atoms with Gasteiger partial charge in [0.05, 0.1) is 11.1 Å². The molecule has 2 heteroatoms. The van der Waals surface area contributed by atoms with E-state index in [9.17, 15) is 0 Å². The van der Waals surface area contributed by atoms with Gasteiger partial charge in [0.25, 0.3) is 0 Å². The van der Waals surface area contributed by atoms with Crippen LogP contribution in [0.3, 0.4) is 0 Å². The summed E-state index contributed by atoms with van der Waals surface area (Å²) < 4.78 is 6.87. The molecule has 0 N–H and O–H groups in total. The molecule has 0 saturated carbocycles. The van der Waals surface area contributed by atoms with Crippen LogP contribution in [0.2, 0.25) is 0 Å². The molecule has 0 saturated heterocycles. The third-order valence-electron chi connectivity index (χ3n) is 11.4. The molecule has 0 spiro atoms. The summed E-state index contributed by atoms with van der Waals surface area (Å²) in [5, 5.41) is 7.19. The number of nitrogens with zero attached hydrogens (tertiary/aromatic N) is 1. The molecule has 272 valence electrons. The molecule has 0 atom stereocenters. The zero-order valence-corrected chi connectivity index (χ0v) is 31.7. The van der Waals surface area contributed by atoms with E-state index >= 15 is 0 Å². The molecule has 1 aromatic heterocycles. The predicted molar refractivity (Wildman–Crippen MR) is 245 cm³/mol. The van der Waals surface area contributed by atoms with Gasteiger partial charge in [0.2, 0.25) is 0 Å². The molecule has 0 fully saturated rings. The highest BCUT2D eigenvalue weighted by Crippen LogP contribution is 2.46. The van der Waals surface area contributed by atoms with Crippen molar-refractivity contribution in [3.8, 4) is 44.5 Å². The second kappa shape index (κ2) is 14.1. The third-order valence-corrected chi connectivity index (χ3v) is 11.4. The zero-order chi connectivity index (χ0) is 38.4. The molecule has 2 nitrogen and oxygen atoms in total. The summed E-state index contributed by atoms with van der Waals surface area (Å²) >= 11 is 0. The van der Waals surface area contributed by atoms with Crippen LogP contribution in [0.25, 0.3) is 88.0 Å². The fourth-order valence-corrected chi connectivity index (χ4v) is 8.71. The largest absolute Gasteiger partial charge is 0.455 e. The van der Waals surface area contributed by atoms with Gasteiger partial charge in [0, 0.05) is 22.3 Å². The van der Waals surface area contributed by atoms with Crippen molar-refractivity contribution in [2.75, 3.05) is 4.90 Å². The molecular weight excluding hydrogens is 703 g/mol. The van der Waals surface area contributed by atoms with Gasteiger partial charge in [-0.1, -0.05) is 176 Å². The molecule has 0 aliphatic rings. The van der Waals surface area contributed by atoms with Gasteiger partial charge in [-0.25, -0.2) is 0 Å². The van der Waals surface area contributed by atoms with Crippen molar-refractivity contribution in [3.63, 3.8) is 0 Å². The maximum Gasteiger partial charge on any atom is 0.143 e. The maximum atomic E-state index is 6.87. The Labute approximate surface area is 337 Å². The molecule has 10 aromatic carbocycles. The third kappa shape index (κ3) is 5.82. The van der Waals surface area contributed by atoms with Gasteiger partial charge in [-0.05, 0) is 109 Å². The Balaban J connectivity index is 1.09. The topological polar surface area (TPSA) is 16.4 Å². The number of benzene rings is 10. The van der Waals surface area contributed by atoms with Gasteiger partial charge < -0.3 is 9.32 Å². The van der Waals surface area contributed by atoms with E-state index in [1.807, 2.05) is 0 Å². The van der Waals surface area contributed by atoms with Gasteiger partial charge >= 0.3 is 0 Å². The lowest BCUT2D eigenvalue weighted by Gasteiger charge is -2.27. The van der Waals surface area contributed by atoms with Crippen LogP contribution >= 0.6 is 0 Å². The lowest BCUT2D eigenvalue weighted by Crippen LogP contribution is -2.10. The standard InChI is InChI=1S/C56H37NO/c1-3-15-38(16-4-1)41-20-11-22-43(35-41)48-27-13-28-51-55-53(29-14-30-54(55)58-56(48)51)57(46-23-12-21-42(36-46)39-17-5-2-6-18-39)45-33-31-40(32-34-45)52-37-44-19-7-8-24-47(44)49-25-9-10-26-50(49)52/h1-37H. The van der Waals surface area contributed by atoms with Crippen molar-refractivity contribution in [1.29, 1.82) is 0 Å². The number of hydrogen-bond donors (Lipinski definition) is 0. The molecule has 0 bridgehead atoms. The highest BCUT2D eigenvalue weighted by Gasteiger charge is 2.22. The number of anilines is 3. The van der Waals surface area contributed by atoms with Crippen molar-refractivity contribution in [3.05, 3.63) is 224 Å². The van der Waals surface area contributed by atoms with E-state index in [1.165, 1.54) is 49.4 Å². The molecule has 0 amide bonds. The minimum Gasteiger partial charge on any atom is -0.455 e. The van der Waals surface area contributed by atoms with Gasteiger partial charge in [0.1, 0.15) is 11.2 Å². The second-order valence-electron chi connectivity index (χ2n) is 14.9. The van der Waals surface area contributed by atoms with E-state index in [0.717, 1.165) is 55.7 Å². The summed E-state index contributed by atoms with van der Waals surface area (Å²) in [6.45, 7) is 0. The first-order valence-electron chi connectivity index (χ1n) is 19.8. The number of fused-ring (bicyclic) bond motifs is 6. The molecule has 1 heterocycles. The first-order valence-corrected chi connectivity index (χ1v) is 19.8. The number of para-hydroxylation sites is 1. The summed E-state index contributed by atoms with van der Waals surface area (Å²) in [7, 11) is 0. The lowest BCUT2D eigenvalue weighted by atomic mass is 9.93. The van der Waals surface area contributed by atoms with Gasteiger partial charge in [-0.3, -0.25) is 0 Å². The van der Waals surface area contributed by atoms with Crippen molar-refractivity contribution in [2.24, 2.45) is 0 Å². The highest BCUT2D eigenvalue weighted by atomic mass is 16.3. The van der Waals surface area contributed by atoms with Crippen molar-refractivity contribution in [2.45, 2.75) is 0 Å². The molecule has 0 radical (unpaired) electrons. The fraction of sp³-hybridized carbons (Fsp3) is 0. The normalized spacial score (nSPS) is 11.4. The molecule has 0 aliphatic carbocycles. The van der Waals surface area contributed by atoms with Crippen LogP contribution in [0, 0.1) is 0 Å². The first-order chi connectivity index (χ1) is 28.8. The summed E-state index contributed by atoms with van der Waals surface area (Å²) in [5.74, 6) is 0. The molecule has 11 rings (SSSR count). The van der Waals surface area contributed by atoms with Crippen LogP contribution in [0.5, 0.6) is 0 Å². The van der Waals surface area contributed by atoms with Crippen LogP contribution in [0.15, 0.2) is 229 Å². The summed E-state index contributed by atoms with van der Waals surface area (Å²) in [4.78, 5) is 2.38. The highest BCUT2D eigenvalue weighted by molar-refractivity contribution is 6.17. The van der Waals surface area contributed by atoms with E-state index in [4.69, 9.17) is 4.42 Å². The van der Waals surface area contributed by atoms with Gasteiger partial charge in [-0.15, -0.1) is 0 Å². The van der Waals surface area contributed by atoms with E-state index < -0.39 is 0 Å². The Morgan fingerprint density at radius 2 is 0.897 bits per heavy atom. The molecule has 11 aromatic rings. The van der Waals surface area contributed by atoms with E-state index in [2.05, 4.69) is 229 Å². The lowest BCUT2D eigenvalue weighted by molar-refractivity contribution is 0.670. The quantitative estimate of drug-likeness (QED) is 0.151.